The molecule has 1 atom stereocenters. The lowest BCUT2D eigenvalue weighted by Gasteiger charge is -2.36. The third-order valence-electron chi connectivity index (χ3n) is 4.62. The molecule has 0 saturated carbocycles. The molecule has 1 aliphatic heterocycles. The lowest BCUT2D eigenvalue weighted by atomic mass is 9.92. The molecule has 1 N–H and O–H groups in total. The Bertz CT molecular complexity index is 946. The molecule has 1 aliphatic rings. The highest BCUT2D eigenvalue weighted by Crippen LogP contribution is 2.40. The van der Waals surface area contributed by atoms with Gasteiger partial charge < -0.3 is 14.6 Å². The summed E-state index contributed by atoms with van der Waals surface area (Å²) in [7, 11) is 0. The van der Waals surface area contributed by atoms with E-state index < -0.39 is 0 Å². The molecule has 5 nitrogen and oxygen atoms in total. The van der Waals surface area contributed by atoms with Crippen molar-refractivity contribution in [2.45, 2.75) is 19.4 Å². The van der Waals surface area contributed by atoms with E-state index in [0.29, 0.717) is 12.2 Å². The van der Waals surface area contributed by atoms with Crippen molar-refractivity contribution in [3.63, 3.8) is 0 Å². The first-order chi connectivity index (χ1) is 12.6. The predicted octanol–water partition coefficient (Wildman–Crippen LogP) is 4.09. The molecule has 0 saturated heterocycles. The maximum atomic E-state index is 12.4. The van der Waals surface area contributed by atoms with Gasteiger partial charge in [-0.1, -0.05) is 18.2 Å². The molecule has 6 heteroatoms. The molecular weight excluding hydrogens is 348 g/mol. The van der Waals surface area contributed by atoms with E-state index in [-0.39, 0.29) is 23.6 Å². The average molecular weight is 366 g/mol. The van der Waals surface area contributed by atoms with E-state index in [0.717, 1.165) is 17.5 Å². The number of nitrogens with zero attached hydrogens (tertiary/aromatic N) is 1. The minimum atomic E-state index is -0.307. The van der Waals surface area contributed by atoms with E-state index in [9.17, 15) is 9.59 Å². The number of furan rings is 1. The van der Waals surface area contributed by atoms with E-state index in [2.05, 4.69) is 16.8 Å². The van der Waals surface area contributed by atoms with Crippen LogP contribution in [0.3, 0.4) is 0 Å². The van der Waals surface area contributed by atoms with Gasteiger partial charge in [-0.05, 0) is 41.6 Å². The van der Waals surface area contributed by atoms with Gasteiger partial charge in [0.15, 0.2) is 5.76 Å². The molecule has 0 spiro atoms. The van der Waals surface area contributed by atoms with Crippen LogP contribution in [0.4, 0.5) is 5.69 Å². The van der Waals surface area contributed by atoms with E-state index in [1.807, 2.05) is 29.2 Å². The van der Waals surface area contributed by atoms with Gasteiger partial charge in [0.2, 0.25) is 5.91 Å². The second-order valence-electron chi connectivity index (χ2n) is 6.18. The number of nitrogens with one attached hydrogen (secondary N) is 1. The van der Waals surface area contributed by atoms with Crippen molar-refractivity contribution in [1.82, 2.24) is 4.90 Å². The quantitative estimate of drug-likeness (QED) is 0.759. The molecule has 3 heterocycles. The normalized spacial score (nSPS) is 16.2. The Morgan fingerprint density at radius 2 is 2.00 bits per heavy atom. The number of carbonyl (C=O) groups is 2. The fraction of sp³-hybridized carbons (Fsp3) is 0.200. The summed E-state index contributed by atoms with van der Waals surface area (Å²) in [5.41, 5.74) is 2.72. The summed E-state index contributed by atoms with van der Waals surface area (Å²) in [6.45, 7) is 2.27. The number of fused-ring (bicyclic) bond motifs is 1. The number of rotatable bonds is 3. The summed E-state index contributed by atoms with van der Waals surface area (Å²) in [5.74, 6) is -0.0275. The highest BCUT2D eigenvalue weighted by Gasteiger charge is 2.32. The van der Waals surface area contributed by atoms with Crippen molar-refractivity contribution >= 4 is 28.8 Å². The summed E-state index contributed by atoms with van der Waals surface area (Å²) in [6, 6.07) is 12.8. The van der Waals surface area contributed by atoms with Crippen LogP contribution in [0.1, 0.15) is 39.5 Å². The third kappa shape index (κ3) is 2.93. The number of thiophene rings is 1. The van der Waals surface area contributed by atoms with Gasteiger partial charge >= 0.3 is 0 Å². The smallest absolute Gasteiger partial charge is 0.291 e. The zero-order valence-electron chi connectivity index (χ0n) is 14.3. The lowest BCUT2D eigenvalue weighted by Crippen LogP contribution is -2.39. The predicted molar refractivity (Wildman–Crippen MR) is 100 cm³/mol. The molecule has 0 radical (unpaired) electrons. The van der Waals surface area contributed by atoms with E-state index >= 15 is 0 Å². The fourth-order valence-electron chi connectivity index (χ4n) is 3.43. The number of anilines is 1. The SMILES string of the molecule is CC(=O)N1CCc2sccc2C1c1ccccc1NC(=O)c1ccco1. The summed E-state index contributed by atoms with van der Waals surface area (Å²) in [6.07, 6.45) is 2.33. The Labute approximate surface area is 155 Å². The number of hydrogen-bond donors (Lipinski definition) is 1. The van der Waals surface area contributed by atoms with E-state index in [1.54, 1.807) is 30.4 Å². The van der Waals surface area contributed by atoms with E-state index in [4.69, 9.17) is 4.42 Å². The van der Waals surface area contributed by atoms with Gasteiger partial charge in [0.05, 0.1) is 12.3 Å². The Morgan fingerprint density at radius 1 is 1.15 bits per heavy atom. The molecule has 1 aromatic carbocycles. The van der Waals surface area contributed by atoms with Crippen molar-refractivity contribution in [1.29, 1.82) is 0 Å². The zero-order valence-corrected chi connectivity index (χ0v) is 15.1. The zero-order chi connectivity index (χ0) is 18.1. The first-order valence-corrected chi connectivity index (χ1v) is 9.30. The van der Waals surface area contributed by atoms with Crippen LogP contribution >= 0.6 is 11.3 Å². The van der Waals surface area contributed by atoms with Crippen LogP contribution < -0.4 is 5.32 Å². The molecule has 2 aromatic heterocycles. The van der Waals surface area contributed by atoms with Crippen molar-refractivity contribution in [2.75, 3.05) is 11.9 Å². The van der Waals surface area contributed by atoms with Crippen molar-refractivity contribution in [2.24, 2.45) is 0 Å². The van der Waals surface area contributed by atoms with Crippen LogP contribution in [-0.4, -0.2) is 23.3 Å². The Morgan fingerprint density at radius 3 is 2.77 bits per heavy atom. The Kier molecular flexibility index (Phi) is 4.34. The summed E-state index contributed by atoms with van der Waals surface area (Å²) >= 11 is 1.72. The maximum absolute atomic E-state index is 12.4. The van der Waals surface area contributed by atoms with Crippen LogP contribution in [0.25, 0.3) is 0 Å². The summed E-state index contributed by atoms with van der Waals surface area (Å²) in [4.78, 5) is 27.9. The van der Waals surface area contributed by atoms with E-state index in [1.165, 1.54) is 11.1 Å². The maximum Gasteiger partial charge on any atom is 0.291 e. The van der Waals surface area contributed by atoms with Gasteiger partial charge in [0, 0.05) is 29.6 Å². The highest BCUT2D eigenvalue weighted by molar-refractivity contribution is 7.10. The lowest BCUT2D eigenvalue weighted by molar-refractivity contribution is -0.130. The molecule has 3 aromatic rings. The first kappa shape index (κ1) is 16.6. The summed E-state index contributed by atoms with van der Waals surface area (Å²) in [5, 5.41) is 4.99. The summed E-state index contributed by atoms with van der Waals surface area (Å²) < 4.78 is 5.18. The van der Waals surface area contributed by atoms with Crippen molar-refractivity contribution in [3.05, 3.63) is 75.9 Å². The second kappa shape index (κ2) is 6.80. The molecule has 132 valence electrons. The van der Waals surface area contributed by atoms with Gasteiger partial charge in [0.25, 0.3) is 5.91 Å². The van der Waals surface area contributed by atoms with Gasteiger partial charge in [-0.2, -0.15) is 0 Å². The molecular formula is C20H18N2O3S. The molecule has 4 rings (SSSR count). The van der Waals surface area contributed by atoms with Crippen molar-refractivity contribution < 1.29 is 14.0 Å². The number of carbonyl (C=O) groups excluding carboxylic acids is 2. The van der Waals surface area contributed by atoms with Gasteiger partial charge in [-0.25, -0.2) is 0 Å². The molecule has 0 aliphatic carbocycles. The monoisotopic (exact) mass is 366 g/mol. The van der Waals surface area contributed by atoms with Crippen LogP contribution in [0, 0.1) is 0 Å². The minimum Gasteiger partial charge on any atom is -0.459 e. The standard InChI is InChI=1S/C20H18N2O3S/c1-13(23)22-10-8-18-15(9-12-26-18)19(22)14-5-2-3-6-16(14)21-20(24)17-7-4-11-25-17/h2-7,9,11-12,19H,8,10H2,1H3,(H,21,24). The van der Waals surface area contributed by atoms with Gasteiger partial charge in [-0.3, -0.25) is 9.59 Å². The Balaban J connectivity index is 1.75. The molecule has 2 amide bonds. The number of benzene rings is 1. The van der Waals surface area contributed by atoms with Crippen LogP contribution in [0.5, 0.6) is 0 Å². The second-order valence-corrected chi connectivity index (χ2v) is 7.18. The number of para-hydroxylation sites is 1. The largest absolute Gasteiger partial charge is 0.459 e. The van der Waals surface area contributed by atoms with Crippen LogP contribution in [-0.2, 0) is 11.2 Å². The fourth-order valence-corrected chi connectivity index (χ4v) is 4.34. The Hall–Kier alpha value is -2.86. The third-order valence-corrected chi connectivity index (χ3v) is 5.62. The highest BCUT2D eigenvalue weighted by atomic mass is 32.1. The molecule has 0 bridgehead atoms. The minimum absolute atomic E-state index is 0.0269. The number of hydrogen-bond acceptors (Lipinski definition) is 4. The van der Waals surface area contributed by atoms with Crippen molar-refractivity contribution in [3.8, 4) is 0 Å². The molecule has 0 fully saturated rings. The van der Waals surface area contributed by atoms with Gasteiger partial charge in [0.1, 0.15) is 0 Å². The molecule has 26 heavy (non-hydrogen) atoms. The topological polar surface area (TPSA) is 62.6 Å². The average Bonchev–Trinajstić information content (AvgIpc) is 3.33. The first-order valence-electron chi connectivity index (χ1n) is 8.42. The molecule has 1 unspecified atom stereocenters. The van der Waals surface area contributed by atoms with Gasteiger partial charge in [-0.15, -0.1) is 11.3 Å². The number of amides is 2. The van der Waals surface area contributed by atoms with Crippen LogP contribution in [0.2, 0.25) is 0 Å². The van der Waals surface area contributed by atoms with Crippen LogP contribution in [0.15, 0.2) is 58.5 Å².